The number of benzene rings is 2. The lowest BCUT2D eigenvalue weighted by Gasteiger charge is -2.36. The van der Waals surface area contributed by atoms with Crippen LogP contribution in [0.15, 0.2) is 36.4 Å². The van der Waals surface area contributed by atoms with Crippen LogP contribution < -0.4 is 10.6 Å². The predicted octanol–water partition coefficient (Wildman–Crippen LogP) is 5.31. The molecule has 2 aromatic carbocycles. The van der Waals surface area contributed by atoms with E-state index in [1.165, 1.54) is 31.3 Å². The number of amides is 3. The Labute approximate surface area is 228 Å². The van der Waals surface area contributed by atoms with Crippen molar-refractivity contribution in [3.05, 3.63) is 70.5 Å². The van der Waals surface area contributed by atoms with Crippen molar-refractivity contribution < 1.29 is 22.8 Å². The van der Waals surface area contributed by atoms with Crippen LogP contribution in [0.25, 0.3) is 0 Å². The molecule has 6 nitrogen and oxygen atoms in total. The Hall–Kier alpha value is -3.07. The highest BCUT2D eigenvalue weighted by molar-refractivity contribution is 5.81. The van der Waals surface area contributed by atoms with Crippen LogP contribution in [-0.4, -0.2) is 60.5 Å². The van der Waals surface area contributed by atoms with Crippen molar-refractivity contribution in [3.8, 4) is 0 Å². The molecule has 0 saturated carbocycles. The van der Waals surface area contributed by atoms with Crippen LogP contribution in [0.4, 0.5) is 18.0 Å². The molecule has 0 bridgehead atoms. The van der Waals surface area contributed by atoms with Gasteiger partial charge in [-0.15, -0.1) is 0 Å². The quantitative estimate of drug-likeness (QED) is 0.536. The Morgan fingerprint density at radius 3 is 2.15 bits per heavy atom. The minimum Gasteiger partial charge on any atom is -0.342 e. The average Bonchev–Trinajstić information content (AvgIpc) is 3.34. The largest absolute Gasteiger partial charge is 0.342 e. The van der Waals surface area contributed by atoms with Gasteiger partial charge in [-0.1, -0.05) is 12.1 Å². The van der Waals surface area contributed by atoms with E-state index in [9.17, 15) is 22.8 Å². The SMILES string of the molecule is CNC(=O)NC(C)c1cc(F)ccc1C1CCN(C(=O)[C@@H]2CN(C(C)(C)C)C[C@H]2c2ccc(F)cc2F)CC1. The highest BCUT2D eigenvalue weighted by Gasteiger charge is 2.44. The van der Waals surface area contributed by atoms with Crippen molar-refractivity contribution in [2.45, 2.75) is 64.0 Å². The van der Waals surface area contributed by atoms with Gasteiger partial charge in [0.1, 0.15) is 17.5 Å². The molecule has 3 atom stereocenters. The van der Waals surface area contributed by atoms with Gasteiger partial charge in [-0.25, -0.2) is 18.0 Å². The van der Waals surface area contributed by atoms with Gasteiger partial charge < -0.3 is 15.5 Å². The number of carbonyl (C=O) groups excluding carboxylic acids is 2. The van der Waals surface area contributed by atoms with E-state index in [0.29, 0.717) is 44.6 Å². The third kappa shape index (κ3) is 6.40. The van der Waals surface area contributed by atoms with Crippen LogP contribution in [0.3, 0.4) is 0 Å². The summed E-state index contributed by atoms with van der Waals surface area (Å²) in [5, 5.41) is 5.35. The maximum Gasteiger partial charge on any atom is 0.315 e. The Morgan fingerprint density at radius 2 is 1.56 bits per heavy atom. The molecule has 212 valence electrons. The summed E-state index contributed by atoms with van der Waals surface area (Å²) in [4.78, 5) is 29.8. The van der Waals surface area contributed by atoms with E-state index < -0.39 is 17.6 Å². The molecule has 9 heteroatoms. The molecule has 0 aromatic heterocycles. The zero-order valence-corrected chi connectivity index (χ0v) is 23.4. The first-order chi connectivity index (χ1) is 18.4. The van der Waals surface area contributed by atoms with Crippen molar-refractivity contribution >= 4 is 11.9 Å². The molecule has 0 aliphatic carbocycles. The van der Waals surface area contributed by atoms with Crippen molar-refractivity contribution in [1.82, 2.24) is 20.4 Å². The molecule has 4 rings (SSSR count). The van der Waals surface area contributed by atoms with Gasteiger partial charge >= 0.3 is 6.03 Å². The molecule has 2 aromatic rings. The molecule has 2 saturated heterocycles. The number of urea groups is 1. The zero-order chi connectivity index (χ0) is 28.5. The number of likely N-dealkylation sites (tertiary alicyclic amines) is 2. The third-order valence-electron chi connectivity index (χ3n) is 8.28. The molecule has 2 aliphatic rings. The summed E-state index contributed by atoms with van der Waals surface area (Å²) in [5.74, 6) is -2.31. The molecular formula is C30H39F3N4O2. The molecule has 2 heterocycles. The molecule has 2 fully saturated rings. The van der Waals surface area contributed by atoms with Gasteiger partial charge in [0, 0.05) is 50.7 Å². The fourth-order valence-electron chi connectivity index (χ4n) is 6.00. The van der Waals surface area contributed by atoms with Crippen LogP contribution in [0.2, 0.25) is 0 Å². The van der Waals surface area contributed by atoms with Crippen molar-refractivity contribution in [2.24, 2.45) is 5.92 Å². The second kappa shape index (κ2) is 11.6. The third-order valence-corrected chi connectivity index (χ3v) is 8.28. The van der Waals surface area contributed by atoms with Crippen LogP contribution in [0, 0.1) is 23.4 Å². The number of carbonyl (C=O) groups is 2. The van der Waals surface area contributed by atoms with Gasteiger partial charge in [-0.2, -0.15) is 0 Å². The molecule has 0 spiro atoms. The second-order valence-corrected chi connectivity index (χ2v) is 11.8. The minimum atomic E-state index is -0.633. The van der Waals surface area contributed by atoms with Crippen LogP contribution in [0.5, 0.6) is 0 Å². The number of piperidine rings is 1. The molecule has 1 unspecified atom stereocenters. The zero-order valence-electron chi connectivity index (χ0n) is 23.4. The monoisotopic (exact) mass is 544 g/mol. The molecule has 39 heavy (non-hydrogen) atoms. The van der Waals surface area contributed by atoms with E-state index in [1.807, 2.05) is 11.8 Å². The van der Waals surface area contributed by atoms with Gasteiger partial charge in [0.25, 0.3) is 0 Å². The number of hydrogen-bond acceptors (Lipinski definition) is 3. The van der Waals surface area contributed by atoms with E-state index in [2.05, 4.69) is 36.3 Å². The summed E-state index contributed by atoms with van der Waals surface area (Å²) in [7, 11) is 1.53. The molecular weight excluding hydrogens is 505 g/mol. The number of nitrogens with zero attached hydrogens (tertiary/aromatic N) is 2. The molecule has 2 aliphatic heterocycles. The van der Waals surface area contributed by atoms with E-state index in [-0.39, 0.29) is 41.2 Å². The van der Waals surface area contributed by atoms with Crippen LogP contribution >= 0.6 is 0 Å². The predicted molar refractivity (Wildman–Crippen MR) is 145 cm³/mol. The smallest absolute Gasteiger partial charge is 0.315 e. The first-order valence-electron chi connectivity index (χ1n) is 13.7. The first kappa shape index (κ1) is 28.9. The van der Waals surface area contributed by atoms with E-state index in [1.54, 1.807) is 6.07 Å². The van der Waals surface area contributed by atoms with Crippen LogP contribution in [-0.2, 0) is 4.79 Å². The summed E-state index contributed by atoms with van der Waals surface area (Å²) in [6.07, 6.45) is 1.39. The van der Waals surface area contributed by atoms with Gasteiger partial charge in [-0.3, -0.25) is 9.69 Å². The number of nitrogens with one attached hydrogen (secondary N) is 2. The maximum atomic E-state index is 14.8. The van der Waals surface area contributed by atoms with Crippen molar-refractivity contribution in [2.75, 3.05) is 33.2 Å². The fraction of sp³-hybridized carbons (Fsp3) is 0.533. The summed E-state index contributed by atoms with van der Waals surface area (Å²) < 4.78 is 42.6. The lowest BCUT2D eigenvalue weighted by atomic mass is 9.83. The summed E-state index contributed by atoms with van der Waals surface area (Å²) in [6.45, 7) is 10.1. The fourth-order valence-corrected chi connectivity index (χ4v) is 6.00. The number of hydrogen-bond donors (Lipinski definition) is 2. The lowest BCUT2D eigenvalue weighted by Crippen LogP contribution is -2.44. The second-order valence-electron chi connectivity index (χ2n) is 11.8. The van der Waals surface area contributed by atoms with Gasteiger partial charge in [0.15, 0.2) is 0 Å². The van der Waals surface area contributed by atoms with Crippen molar-refractivity contribution in [3.63, 3.8) is 0 Å². The Bertz CT molecular complexity index is 1210. The molecule has 0 radical (unpaired) electrons. The summed E-state index contributed by atoms with van der Waals surface area (Å²) in [6, 6.07) is 7.57. The van der Waals surface area contributed by atoms with Gasteiger partial charge in [0.05, 0.1) is 12.0 Å². The summed E-state index contributed by atoms with van der Waals surface area (Å²) in [5.41, 5.74) is 1.88. The summed E-state index contributed by atoms with van der Waals surface area (Å²) >= 11 is 0. The Kier molecular flexibility index (Phi) is 8.59. The standard InChI is InChI=1S/C30H39F3N4O2/c1-18(35-29(39)34-5)24-14-20(31)6-8-22(24)19-10-12-36(13-11-19)28(38)26-17-37(30(2,3)4)16-25(26)23-9-7-21(32)15-27(23)33/h6-9,14-15,18-19,25-26H,10-13,16-17H2,1-5H3,(H2,34,35,39)/t18?,25-,26+/m0/s1. The minimum absolute atomic E-state index is 0.0112. The first-order valence-corrected chi connectivity index (χ1v) is 13.7. The maximum absolute atomic E-state index is 14.8. The van der Waals surface area contributed by atoms with Gasteiger partial charge in [-0.05, 0) is 81.3 Å². The lowest BCUT2D eigenvalue weighted by molar-refractivity contribution is -0.136. The number of halogens is 3. The highest BCUT2D eigenvalue weighted by atomic mass is 19.1. The van der Waals surface area contributed by atoms with E-state index in [0.717, 1.165) is 17.2 Å². The van der Waals surface area contributed by atoms with Gasteiger partial charge in [0.2, 0.25) is 5.91 Å². The normalized spacial score (nSPS) is 21.6. The molecule has 3 amide bonds. The van der Waals surface area contributed by atoms with Crippen LogP contribution in [0.1, 0.15) is 75.1 Å². The molecule has 2 N–H and O–H groups in total. The number of rotatable bonds is 5. The highest BCUT2D eigenvalue weighted by Crippen LogP contribution is 2.40. The topological polar surface area (TPSA) is 64.7 Å². The Balaban J connectivity index is 1.51. The van der Waals surface area contributed by atoms with E-state index >= 15 is 0 Å². The van der Waals surface area contributed by atoms with Crippen molar-refractivity contribution in [1.29, 1.82) is 0 Å². The van der Waals surface area contributed by atoms with E-state index in [4.69, 9.17) is 0 Å². The average molecular weight is 545 g/mol. The Morgan fingerprint density at radius 1 is 0.949 bits per heavy atom.